The molecule has 5 heteroatoms. The van der Waals surface area contributed by atoms with Crippen molar-refractivity contribution >= 4 is 28.8 Å². The maximum absolute atomic E-state index is 12.1. The van der Waals surface area contributed by atoms with Crippen molar-refractivity contribution in [1.29, 1.82) is 0 Å². The minimum Gasteiger partial charge on any atom is -0.508 e. The third-order valence-electron chi connectivity index (χ3n) is 4.33. The highest BCUT2D eigenvalue weighted by Crippen LogP contribution is 2.24. The van der Waals surface area contributed by atoms with Crippen LogP contribution in [0.2, 0.25) is 5.02 Å². The maximum atomic E-state index is 12.1. The quantitative estimate of drug-likeness (QED) is 0.845. The van der Waals surface area contributed by atoms with E-state index in [4.69, 9.17) is 11.6 Å². The van der Waals surface area contributed by atoms with Crippen LogP contribution < -0.4 is 5.32 Å². The first-order valence-electron chi connectivity index (χ1n) is 8.37. The summed E-state index contributed by atoms with van der Waals surface area (Å²) < 4.78 is 0. The Bertz CT molecular complexity index is 772. The number of benzene rings is 2. The van der Waals surface area contributed by atoms with Crippen LogP contribution in [0, 0.1) is 0 Å². The van der Waals surface area contributed by atoms with Crippen molar-refractivity contribution < 1.29 is 9.90 Å². The Kier molecular flexibility index (Phi) is 5.74. The number of hydrogen-bond acceptors (Lipinski definition) is 3. The van der Waals surface area contributed by atoms with Crippen LogP contribution in [0.4, 0.5) is 5.69 Å². The molecule has 0 saturated carbocycles. The predicted octanol–water partition coefficient (Wildman–Crippen LogP) is 4.16. The van der Waals surface area contributed by atoms with E-state index in [1.54, 1.807) is 24.3 Å². The van der Waals surface area contributed by atoms with Gasteiger partial charge in [-0.25, -0.2) is 0 Å². The molecule has 0 aromatic heterocycles. The number of nitrogens with zero attached hydrogens (tertiary/aromatic N) is 1. The van der Waals surface area contributed by atoms with Crippen molar-refractivity contribution in [3.63, 3.8) is 0 Å². The first-order chi connectivity index (χ1) is 12.1. The summed E-state index contributed by atoms with van der Waals surface area (Å²) in [5.41, 5.74) is 3.09. The molecule has 0 bridgehead atoms. The number of nitrogens with one attached hydrogen (secondary N) is 1. The number of phenols is 1. The van der Waals surface area contributed by atoms with E-state index in [0.29, 0.717) is 17.1 Å². The van der Waals surface area contributed by atoms with Crippen LogP contribution in [0.1, 0.15) is 18.4 Å². The van der Waals surface area contributed by atoms with E-state index in [1.807, 2.05) is 24.3 Å². The van der Waals surface area contributed by atoms with Gasteiger partial charge in [0.05, 0.1) is 10.7 Å². The van der Waals surface area contributed by atoms with Crippen LogP contribution in [0.25, 0.3) is 5.57 Å². The fourth-order valence-corrected chi connectivity index (χ4v) is 3.07. The third-order valence-corrected chi connectivity index (χ3v) is 4.66. The normalized spacial score (nSPS) is 14.8. The van der Waals surface area contributed by atoms with E-state index in [-0.39, 0.29) is 11.7 Å². The molecule has 0 atom stereocenters. The molecule has 1 aliphatic heterocycles. The lowest BCUT2D eigenvalue weighted by atomic mass is 9.99. The Morgan fingerprint density at radius 3 is 2.60 bits per heavy atom. The fourth-order valence-electron chi connectivity index (χ4n) is 2.89. The number of phenolic OH excluding ortho intramolecular Hbond substituents is 1. The highest BCUT2D eigenvalue weighted by atomic mass is 35.5. The number of anilines is 1. The second kappa shape index (κ2) is 8.19. The van der Waals surface area contributed by atoms with Crippen LogP contribution in [-0.4, -0.2) is 35.5 Å². The minimum absolute atomic E-state index is 0.0265. The van der Waals surface area contributed by atoms with Crippen molar-refractivity contribution in [1.82, 2.24) is 4.90 Å². The van der Waals surface area contributed by atoms with Gasteiger partial charge in [0.2, 0.25) is 5.91 Å². The smallest absolute Gasteiger partial charge is 0.225 e. The Labute approximate surface area is 152 Å². The lowest BCUT2D eigenvalue weighted by Gasteiger charge is -2.26. The zero-order valence-corrected chi connectivity index (χ0v) is 14.7. The van der Waals surface area contributed by atoms with E-state index in [0.717, 1.165) is 31.6 Å². The molecule has 0 unspecified atom stereocenters. The summed E-state index contributed by atoms with van der Waals surface area (Å²) in [5.74, 6) is 0.257. The number of hydrogen-bond donors (Lipinski definition) is 2. The third kappa shape index (κ3) is 4.84. The van der Waals surface area contributed by atoms with Gasteiger partial charge in [0, 0.05) is 26.1 Å². The van der Waals surface area contributed by atoms with Crippen molar-refractivity contribution in [2.45, 2.75) is 12.8 Å². The summed E-state index contributed by atoms with van der Waals surface area (Å²) in [6.45, 7) is 2.47. The summed E-state index contributed by atoms with van der Waals surface area (Å²) in [6, 6.07) is 14.5. The highest BCUT2D eigenvalue weighted by molar-refractivity contribution is 6.33. The van der Waals surface area contributed by atoms with Gasteiger partial charge in [-0.05, 0) is 41.8 Å². The molecule has 3 rings (SSSR count). The SMILES string of the molecule is O=C(CCN1CC=C(c2ccc(O)cc2)CC1)Nc1ccccc1Cl. The lowest BCUT2D eigenvalue weighted by molar-refractivity contribution is -0.116. The molecule has 0 radical (unpaired) electrons. The van der Waals surface area contributed by atoms with Gasteiger partial charge < -0.3 is 10.4 Å². The van der Waals surface area contributed by atoms with E-state index >= 15 is 0 Å². The molecule has 0 aliphatic carbocycles. The van der Waals surface area contributed by atoms with Crippen LogP contribution in [0.5, 0.6) is 5.75 Å². The summed E-state index contributed by atoms with van der Waals surface area (Å²) in [6.07, 6.45) is 3.58. The number of carbonyl (C=O) groups is 1. The van der Waals surface area contributed by atoms with Crippen molar-refractivity contribution in [3.8, 4) is 5.75 Å². The molecule has 130 valence electrons. The van der Waals surface area contributed by atoms with E-state index in [2.05, 4.69) is 16.3 Å². The van der Waals surface area contributed by atoms with Crippen LogP contribution in [0.15, 0.2) is 54.6 Å². The number of aromatic hydroxyl groups is 1. The molecule has 2 aromatic carbocycles. The molecule has 2 aromatic rings. The average molecular weight is 357 g/mol. The number of para-hydroxylation sites is 1. The monoisotopic (exact) mass is 356 g/mol. The molecule has 25 heavy (non-hydrogen) atoms. The number of amides is 1. The zero-order valence-electron chi connectivity index (χ0n) is 13.9. The van der Waals surface area contributed by atoms with E-state index in [9.17, 15) is 9.90 Å². The minimum atomic E-state index is -0.0265. The van der Waals surface area contributed by atoms with Crippen molar-refractivity contribution in [3.05, 3.63) is 65.2 Å². The molecular weight excluding hydrogens is 336 g/mol. The average Bonchev–Trinajstić information content (AvgIpc) is 2.63. The van der Waals surface area contributed by atoms with Crippen LogP contribution in [-0.2, 0) is 4.79 Å². The standard InChI is InChI=1S/C20H21ClN2O2/c21-18-3-1-2-4-19(18)22-20(25)11-14-23-12-9-16(10-13-23)15-5-7-17(24)8-6-15/h1-9,24H,10-14H2,(H,22,25). The Hall–Kier alpha value is -2.30. The molecule has 0 spiro atoms. The molecule has 0 fully saturated rings. The van der Waals surface area contributed by atoms with Gasteiger partial charge >= 0.3 is 0 Å². The van der Waals surface area contributed by atoms with Gasteiger partial charge in [-0.1, -0.05) is 41.9 Å². The highest BCUT2D eigenvalue weighted by Gasteiger charge is 2.14. The molecular formula is C20H21ClN2O2. The second-order valence-electron chi connectivity index (χ2n) is 6.10. The number of carbonyl (C=O) groups excluding carboxylic acids is 1. The van der Waals surface area contributed by atoms with E-state index < -0.39 is 0 Å². The van der Waals surface area contributed by atoms with Gasteiger partial charge in [0.1, 0.15) is 5.75 Å². The molecule has 4 nitrogen and oxygen atoms in total. The van der Waals surface area contributed by atoms with E-state index in [1.165, 1.54) is 5.57 Å². The predicted molar refractivity (Wildman–Crippen MR) is 102 cm³/mol. The zero-order chi connectivity index (χ0) is 17.6. The first-order valence-corrected chi connectivity index (χ1v) is 8.75. The first kappa shape index (κ1) is 17.5. The van der Waals surface area contributed by atoms with Gasteiger partial charge in [-0.2, -0.15) is 0 Å². The van der Waals surface area contributed by atoms with Gasteiger partial charge in [0.15, 0.2) is 0 Å². The molecule has 1 aliphatic rings. The Morgan fingerprint density at radius 1 is 1.16 bits per heavy atom. The lowest BCUT2D eigenvalue weighted by Crippen LogP contribution is -2.31. The summed E-state index contributed by atoms with van der Waals surface area (Å²) in [7, 11) is 0. The van der Waals surface area contributed by atoms with Crippen LogP contribution in [0.3, 0.4) is 0 Å². The van der Waals surface area contributed by atoms with Gasteiger partial charge in [-0.15, -0.1) is 0 Å². The van der Waals surface area contributed by atoms with Crippen molar-refractivity contribution in [2.24, 2.45) is 0 Å². The summed E-state index contributed by atoms with van der Waals surface area (Å²) >= 11 is 6.05. The Balaban J connectivity index is 1.48. The molecule has 2 N–H and O–H groups in total. The molecule has 0 saturated heterocycles. The molecule has 1 heterocycles. The molecule has 1 amide bonds. The van der Waals surface area contributed by atoms with Gasteiger partial charge in [0.25, 0.3) is 0 Å². The largest absolute Gasteiger partial charge is 0.508 e. The Morgan fingerprint density at radius 2 is 1.92 bits per heavy atom. The fraction of sp³-hybridized carbons (Fsp3) is 0.250. The number of rotatable bonds is 5. The van der Waals surface area contributed by atoms with Crippen LogP contribution >= 0.6 is 11.6 Å². The second-order valence-corrected chi connectivity index (χ2v) is 6.51. The van der Waals surface area contributed by atoms with Crippen molar-refractivity contribution in [2.75, 3.05) is 25.0 Å². The summed E-state index contributed by atoms with van der Waals surface area (Å²) in [4.78, 5) is 14.3. The topological polar surface area (TPSA) is 52.6 Å². The number of halogens is 1. The summed E-state index contributed by atoms with van der Waals surface area (Å²) in [5, 5.41) is 12.8. The maximum Gasteiger partial charge on any atom is 0.225 e. The van der Waals surface area contributed by atoms with Gasteiger partial charge in [-0.3, -0.25) is 9.69 Å².